The van der Waals surface area contributed by atoms with Gasteiger partial charge in [0.05, 0.1) is 18.3 Å². The molecule has 1 fully saturated rings. The monoisotopic (exact) mass is 326 g/mol. The van der Waals surface area contributed by atoms with E-state index in [1.165, 1.54) is 0 Å². The number of nitrogen functional groups attached to an aromatic ring is 1. The van der Waals surface area contributed by atoms with Crippen LogP contribution in [0.5, 0.6) is 0 Å². The maximum absolute atomic E-state index is 12.6. The summed E-state index contributed by atoms with van der Waals surface area (Å²) < 4.78 is 5.81. The minimum absolute atomic E-state index is 0.0176. The highest BCUT2D eigenvalue weighted by atomic mass is 16.5. The molecule has 1 atom stereocenters. The van der Waals surface area contributed by atoms with Gasteiger partial charge < -0.3 is 15.4 Å². The molecule has 1 amide bonds. The molecular formula is C18H22N4O2. The van der Waals surface area contributed by atoms with Crippen LogP contribution >= 0.6 is 0 Å². The first-order valence-electron chi connectivity index (χ1n) is 8.16. The number of pyridine rings is 2. The maximum atomic E-state index is 12.6. The molecule has 6 nitrogen and oxygen atoms in total. The number of nitrogens with two attached hydrogens (primary N) is 1. The van der Waals surface area contributed by atoms with E-state index < -0.39 is 0 Å². The number of aromatic nitrogens is 2. The van der Waals surface area contributed by atoms with Gasteiger partial charge >= 0.3 is 0 Å². The van der Waals surface area contributed by atoms with Crippen molar-refractivity contribution in [3.8, 4) is 0 Å². The molecule has 0 spiro atoms. The molecule has 1 saturated heterocycles. The third kappa shape index (κ3) is 4.08. The molecule has 24 heavy (non-hydrogen) atoms. The molecular weight excluding hydrogens is 304 g/mol. The quantitative estimate of drug-likeness (QED) is 0.927. The molecule has 0 bridgehead atoms. The molecule has 0 saturated carbocycles. The zero-order valence-electron chi connectivity index (χ0n) is 13.8. The number of ether oxygens (including phenoxy) is 1. The van der Waals surface area contributed by atoms with E-state index in [1.807, 2.05) is 36.1 Å². The van der Waals surface area contributed by atoms with Gasteiger partial charge in [-0.1, -0.05) is 0 Å². The Labute approximate surface area is 141 Å². The number of rotatable bonds is 4. The number of carbonyl (C=O) groups is 1. The van der Waals surface area contributed by atoms with Crippen molar-refractivity contribution in [1.82, 2.24) is 14.9 Å². The fourth-order valence-corrected chi connectivity index (χ4v) is 2.83. The first kappa shape index (κ1) is 16.4. The molecule has 2 aromatic heterocycles. The number of hydrogen-bond acceptors (Lipinski definition) is 5. The summed E-state index contributed by atoms with van der Waals surface area (Å²) in [6, 6.07) is 7.53. The Hall–Kier alpha value is -2.47. The van der Waals surface area contributed by atoms with Gasteiger partial charge in [0.1, 0.15) is 5.82 Å². The van der Waals surface area contributed by atoms with Gasteiger partial charge in [0.2, 0.25) is 0 Å². The molecule has 1 aliphatic heterocycles. The van der Waals surface area contributed by atoms with Crippen molar-refractivity contribution in [1.29, 1.82) is 0 Å². The lowest BCUT2D eigenvalue weighted by molar-refractivity contribution is -0.0246. The standard InChI is InChI=1S/C18H22N4O2/c1-13-2-4-15(11-21-13)18(23)22-8-9-24-16(12-22)5-3-14-6-7-20-17(19)10-14/h2,4,6-7,10-11,16H,3,5,8-9,12H2,1H3,(H2,19,20)/t16-/m0/s1. The van der Waals surface area contributed by atoms with Gasteiger partial charge in [0.25, 0.3) is 5.91 Å². The van der Waals surface area contributed by atoms with Crippen LogP contribution in [0.2, 0.25) is 0 Å². The number of carbonyl (C=O) groups excluding carboxylic acids is 1. The molecule has 0 unspecified atom stereocenters. The Bertz CT molecular complexity index is 702. The van der Waals surface area contributed by atoms with Crippen molar-refractivity contribution in [3.63, 3.8) is 0 Å². The molecule has 1 aliphatic rings. The summed E-state index contributed by atoms with van der Waals surface area (Å²) in [5.74, 6) is 0.546. The molecule has 2 aromatic rings. The van der Waals surface area contributed by atoms with Crippen molar-refractivity contribution in [2.45, 2.75) is 25.9 Å². The van der Waals surface area contributed by atoms with E-state index in [0.717, 1.165) is 24.1 Å². The summed E-state index contributed by atoms with van der Waals surface area (Å²) in [6.07, 6.45) is 5.09. The van der Waals surface area contributed by atoms with Gasteiger partial charge in [-0.15, -0.1) is 0 Å². The predicted octanol–water partition coefficient (Wildman–Crippen LogP) is 1.84. The molecule has 3 rings (SSSR count). The summed E-state index contributed by atoms with van der Waals surface area (Å²) in [7, 11) is 0. The van der Waals surface area contributed by atoms with Crippen LogP contribution in [-0.2, 0) is 11.2 Å². The fourth-order valence-electron chi connectivity index (χ4n) is 2.83. The highest BCUT2D eigenvalue weighted by Gasteiger charge is 2.25. The molecule has 3 heterocycles. The van der Waals surface area contributed by atoms with E-state index in [4.69, 9.17) is 10.5 Å². The minimum atomic E-state index is 0.0176. The third-order valence-corrected chi connectivity index (χ3v) is 4.18. The highest BCUT2D eigenvalue weighted by Crippen LogP contribution is 2.15. The van der Waals surface area contributed by atoms with Crippen molar-refractivity contribution >= 4 is 11.7 Å². The van der Waals surface area contributed by atoms with Crippen molar-refractivity contribution in [3.05, 3.63) is 53.5 Å². The van der Waals surface area contributed by atoms with Crippen LogP contribution in [0, 0.1) is 6.92 Å². The van der Waals surface area contributed by atoms with Gasteiger partial charge in [-0.3, -0.25) is 9.78 Å². The Balaban J connectivity index is 1.57. The Morgan fingerprint density at radius 3 is 3.00 bits per heavy atom. The normalized spacial score (nSPS) is 17.7. The van der Waals surface area contributed by atoms with Crippen molar-refractivity contribution in [2.75, 3.05) is 25.4 Å². The molecule has 0 radical (unpaired) electrons. The molecule has 2 N–H and O–H groups in total. The lowest BCUT2D eigenvalue weighted by atomic mass is 10.1. The summed E-state index contributed by atoms with van der Waals surface area (Å²) in [4.78, 5) is 22.6. The number of hydrogen-bond donors (Lipinski definition) is 1. The van der Waals surface area contributed by atoms with E-state index >= 15 is 0 Å². The second-order valence-corrected chi connectivity index (χ2v) is 6.06. The van der Waals surface area contributed by atoms with E-state index in [0.29, 0.717) is 31.1 Å². The van der Waals surface area contributed by atoms with Gasteiger partial charge in [-0.2, -0.15) is 0 Å². The number of amides is 1. The smallest absolute Gasteiger partial charge is 0.255 e. The fraction of sp³-hybridized carbons (Fsp3) is 0.389. The van der Waals surface area contributed by atoms with E-state index in [9.17, 15) is 4.79 Å². The average Bonchev–Trinajstić information content (AvgIpc) is 2.60. The second kappa shape index (κ2) is 7.40. The first-order valence-corrected chi connectivity index (χ1v) is 8.16. The van der Waals surface area contributed by atoms with E-state index in [2.05, 4.69) is 9.97 Å². The van der Waals surface area contributed by atoms with Gasteiger partial charge in [-0.05, 0) is 49.6 Å². The lowest BCUT2D eigenvalue weighted by Crippen LogP contribution is -2.45. The van der Waals surface area contributed by atoms with Crippen LogP contribution in [0.15, 0.2) is 36.7 Å². The number of anilines is 1. The Morgan fingerprint density at radius 2 is 2.25 bits per heavy atom. The second-order valence-electron chi connectivity index (χ2n) is 6.06. The Kier molecular flexibility index (Phi) is 5.05. The molecule has 0 aliphatic carbocycles. The number of morpholine rings is 1. The van der Waals surface area contributed by atoms with E-state index in [-0.39, 0.29) is 12.0 Å². The minimum Gasteiger partial charge on any atom is -0.384 e. The summed E-state index contributed by atoms with van der Waals surface area (Å²) in [5.41, 5.74) is 8.37. The summed E-state index contributed by atoms with van der Waals surface area (Å²) >= 11 is 0. The van der Waals surface area contributed by atoms with Crippen LogP contribution in [-0.4, -0.2) is 46.6 Å². The molecule has 0 aromatic carbocycles. The van der Waals surface area contributed by atoms with Crippen LogP contribution in [0.25, 0.3) is 0 Å². The number of aryl methyl sites for hydroxylation is 2. The van der Waals surface area contributed by atoms with Gasteiger partial charge in [-0.25, -0.2) is 4.98 Å². The average molecular weight is 326 g/mol. The topological polar surface area (TPSA) is 81.3 Å². The van der Waals surface area contributed by atoms with Crippen LogP contribution < -0.4 is 5.73 Å². The zero-order chi connectivity index (χ0) is 16.9. The lowest BCUT2D eigenvalue weighted by Gasteiger charge is -2.33. The highest BCUT2D eigenvalue weighted by molar-refractivity contribution is 5.94. The zero-order valence-corrected chi connectivity index (χ0v) is 13.8. The van der Waals surface area contributed by atoms with Crippen molar-refractivity contribution < 1.29 is 9.53 Å². The predicted molar refractivity (Wildman–Crippen MR) is 91.6 cm³/mol. The largest absolute Gasteiger partial charge is 0.384 e. The van der Waals surface area contributed by atoms with Crippen LogP contribution in [0.3, 0.4) is 0 Å². The third-order valence-electron chi connectivity index (χ3n) is 4.18. The Morgan fingerprint density at radius 1 is 1.38 bits per heavy atom. The number of nitrogens with zero attached hydrogens (tertiary/aromatic N) is 3. The first-order chi connectivity index (χ1) is 11.6. The SMILES string of the molecule is Cc1ccc(C(=O)N2CCO[C@@H](CCc3ccnc(N)c3)C2)cn1. The van der Waals surface area contributed by atoms with Crippen LogP contribution in [0.4, 0.5) is 5.82 Å². The van der Waals surface area contributed by atoms with Crippen LogP contribution in [0.1, 0.15) is 28.0 Å². The maximum Gasteiger partial charge on any atom is 0.255 e. The molecule has 126 valence electrons. The van der Waals surface area contributed by atoms with Gasteiger partial charge in [0.15, 0.2) is 0 Å². The van der Waals surface area contributed by atoms with E-state index in [1.54, 1.807) is 12.4 Å². The van der Waals surface area contributed by atoms with Crippen molar-refractivity contribution in [2.24, 2.45) is 0 Å². The molecule has 6 heteroatoms. The summed E-state index contributed by atoms with van der Waals surface area (Å²) in [5, 5.41) is 0. The summed E-state index contributed by atoms with van der Waals surface area (Å²) in [6.45, 7) is 3.69. The van der Waals surface area contributed by atoms with Gasteiger partial charge in [0, 0.05) is 31.2 Å².